The van der Waals surface area contributed by atoms with Crippen LogP contribution < -0.4 is 0 Å². The van der Waals surface area contributed by atoms with E-state index in [1.807, 2.05) is 13.0 Å². The number of aliphatic carboxylic acids is 1. The van der Waals surface area contributed by atoms with Crippen molar-refractivity contribution in [3.8, 4) is 11.4 Å². The molecule has 106 valence electrons. The summed E-state index contributed by atoms with van der Waals surface area (Å²) < 4.78 is 6.83. The highest BCUT2D eigenvalue weighted by atomic mass is 16.4. The van der Waals surface area contributed by atoms with Gasteiger partial charge < -0.3 is 9.52 Å². The second-order valence-corrected chi connectivity index (χ2v) is 5.40. The highest BCUT2D eigenvalue weighted by Crippen LogP contribution is 2.40. The van der Waals surface area contributed by atoms with Crippen LogP contribution in [0.15, 0.2) is 16.7 Å². The van der Waals surface area contributed by atoms with Crippen LogP contribution in [0.4, 0.5) is 0 Å². The van der Waals surface area contributed by atoms with Gasteiger partial charge in [0.05, 0.1) is 17.5 Å². The predicted octanol–water partition coefficient (Wildman–Crippen LogP) is 1.89. The van der Waals surface area contributed by atoms with Crippen molar-refractivity contribution in [3.05, 3.63) is 18.1 Å². The fraction of sp³-hybridized carbons (Fsp3) is 0.538. The van der Waals surface area contributed by atoms with Crippen molar-refractivity contribution in [1.82, 2.24) is 20.2 Å². The standard InChI is InChI=1S/C13H16N4O3/c1-9-6-10(7-20-9)11-14-15-16-17(11)8-13(12(18)19)4-2-3-5-13/h6-7H,2-5,8H2,1H3,(H,18,19). The van der Waals surface area contributed by atoms with E-state index in [9.17, 15) is 9.90 Å². The van der Waals surface area contributed by atoms with E-state index >= 15 is 0 Å². The van der Waals surface area contributed by atoms with Crippen LogP contribution in [0.3, 0.4) is 0 Å². The molecule has 7 heteroatoms. The normalized spacial score (nSPS) is 17.4. The van der Waals surface area contributed by atoms with Crippen molar-refractivity contribution in [2.75, 3.05) is 0 Å². The molecular weight excluding hydrogens is 260 g/mol. The van der Waals surface area contributed by atoms with Gasteiger partial charge in [0, 0.05) is 0 Å². The Labute approximate surface area is 115 Å². The average Bonchev–Trinajstić information content (AvgIpc) is 3.10. The Bertz CT molecular complexity index is 625. The number of aryl methyl sites for hydroxylation is 1. The smallest absolute Gasteiger partial charge is 0.311 e. The van der Waals surface area contributed by atoms with Crippen LogP contribution in [0.1, 0.15) is 31.4 Å². The molecule has 2 aromatic heterocycles. The maximum atomic E-state index is 11.6. The zero-order chi connectivity index (χ0) is 14.2. The summed E-state index contributed by atoms with van der Waals surface area (Å²) in [4.78, 5) is 11.6. The monoisotopic (exact) mass is 276 g/mol. The molecule has 0 saturated heterocycles. The third-order valence-corrected chi connectivity index (χ3v) is 3.99. The fourth-order valence-electron chi connectivity index (χ4n) is 2.86. The molecule has 0 radical (unpaired) electrons. The molecule has 1 N–H and O–H groups in total. The molecule has 20 heavy (non-hydrogen) atoms. The molecule has 0 spiro atoms. The van der Waals surface area contributed by atoms with E-state index in [4.69, 9.17) is 4.42 Å². The Kier molecular flexibility index (Phi) is 3.04. The molecule has 0 amide bonds. The first-order chi connectivity index (χ1) is 9.61. The number of nitrogens with zero attached hydrogens (tertiary/aromatic N) is 4. The van der Waals surface area contributed by atoms with Gasteiger partial charge in [0.2, 0.25) is 0 Å². The summed E-state index contributed by atoms with van der Waals surface area (Å²) >= 11 is 0. The van der Waals surface area contributed by atoms with Crippen molar-refractivity contribution < 1.29 is 14.3 Å². The maximum Gasteiger partial charge on any atom is 0.311 e. The van der Waals surface area contributed by atoms with Gasteiger partial charge in [0.15, 0.2) is 5.82 Å². The van der Waals surface area contributed by atoms with E-state index in [2.05, 4.69) is 15.5 Å². The lowest BCUT2D eigenvalue weighted by molar-refractivity contribution is -0.149. The maximum absolute atomic E-state index is 11.6. The summed E-state index contributed by atoms with van der Waals surface area (Å²) in [5.41, 5.74) is 0.0224. The Balaban J connectivity index is 1.92. The molecule has 1 saturated carbocycles. The first-order valence-corrected chi connectivity index (χ1v) is 6.66. The molecule has 1 fully saturated rings. The minimum absolute atomic E-state index is 0.300. The van der Waals surface area contributed by atoms with Crippen molar-refractivity contribution >= 4 is 5.97 Å². The highest BCUT2D eigenvalue weighted by molar-refractivity contribution is 5.75. The van der Waals surface area contributed by atoms with Gasteiger partial charge in [-0.3, -0.25) is 4.79 Å². The summed E-state index contributed by atoms with van der Waals surface area (Å²) in [6.07, 6.45) is 4.81. The first kappa shape index (κ1) is 12.8. The zero-order valence-electron chi connectivity index (χ0n) is 11.2. The number of hydrogen-bond donors (Lipinski definition) is 1. The van der Waals surface area contributed by atoms with Gasteiger partial charge in [-0.05, 0) is 36.3 Å². The number of aromatic nitrogens is 4. The molecule has 1 aliphatic rings. The van der Waals surface area contributed by atoms with Crippen LogP contribution in [0.2, 0.25) is 0 Å². The number of rotatable bonds is 4. The molecule has 0 bridgehead atoms. The Morgan fingerprint density at radius 1 is 1.50 bits per heavy atom. The van der Waals surface area contributed by atoms with E-state index in [-0.39, 0.29) is 0 Å². The Morgan fingerprint density at radius 2 is 2.25 bits per heavy atom. The van der Waals surface area contributed by atoms with Crippen LogP contribution in [0.5, 0.6) is 0 Å². The van der Waals surface area contributed by atoms with E-state index < -0.39 is 11.4 Å². The van der Waals surface area contributed by atoms with Gasteiger partial charge in [-0.25, -0.2) is 4.68 Å². The molecule has 2 aromatic rings. The van der Waals surface area contributed by atoms with Crippen molar-refractivity contribution in [2.45, 2.75) is 39.2 Å². The third kappa shape index (κ3) is 2.09. The Hall–Kier alpha value is -2.18. The quantitative estimate of drug-likeness (QED) is 0.916. The SMILES string of the molecule is Cc1cc(-c2nnnn2CC2(C(=O)O)CCCC2)co1. The topological polar surface area (TPSA) is 94.0 Å². The predicted molar refractivity (Wildman–Crippen MR) is 68.8 cm³/mol. The number of tetrazole rings is 1. The molecule has 1 aliphatic carbocycles. The summed E-state index contributed by atoms with van der Waals surface area (Å²) in [5.74, 6) is 0.553. The summed E-state index contributed by atoms with van der Waals surface area (Å²) in [6.45, 7) is 2.14. The van der Waals surface area contributed by atoms with Gasteiger partial charge in [-0.15, -0.1) is 5.10 Å². The van der Waals surface area contributed by atoms with Gasteiger partial charge in [0.25, 0.3) is 0 Å². The highest BCUT2D eigenvalue weighted by Gasteiger charge is 2.42. The number of hydrogen-bond acceptors (Lipinski definition) is 5. The summed E-state index contributed by atoms with van der Waals surface area (Å²) in [6, 6.07) is 1.84. The molecule has 7 nitrogen and oxygen atoms in total. The number of carboxylic acids is 1. The first-order valence-electron chi connectivity index (χ1n) is 6.66. The third-order valence-electron chi connectivity index (χ3n) is 3.99. The van der Waals surface area contributed by atoms with Crippen molar-refractivity contribution in [1.29, 1.82) is 0 Å². The van der Waals surface area contributed by atoms with E-state index in [0.29, 0.717) is 25.2 Å². The molecule has 3 rings (SSSR count). The number of carbonyl (C=O) groups is 1. The lowest BCUT2D eigenvalue weighted by atomic mass is 9.86. The van der Waals surface area contributed by atoms with E-state index in [1.165, 1.54) is 0 Å². The van der Waals surface area contributed by atoms with Gasteiger partial charge in [-0.2, -0.15) is 0 Å². The van der Waals surface area contributed by atoms with E-state index in [0.717, 1.165) is 24.2 Å². The molecule has 2 heterocycles. The minimum atomic E-state index is -0.764. The van der Waals surface area contributed by atoms with Crippen LogP contribution in [-0.2, 0) is 11.3 Å². The second kappa shape index (κ2) is 4.73. The van der Waals surface area contributed by atoms with Gasteiger partial charge >= 0.3 is 5.97 Å². The van der Waals surface area contributed by atoms with Crippen LogP contribution in [0.25, 0.3) is 11.4 Å². The largest absolute Gasteiger partial charge is 0.481 e. The second-order valence-electron chi connectivity index (χ2n) is 5.40. The lowest BCUT2D eigenvalue weighted by Crippen LogP contribution is -2.33. The molecule has 0 atom stereocenters. The Morgan fingerprint density at radius 3 is 2.85 bits per heavy atom. The minimum Gasteiger partial charge on any atom is -0.481 e. The number of carboxylic acid groups (broad SMARTS) is 1. The molecule has 0 aromatic carbocycles. The van der Waals surface area contributed by atoms with Gasteiger partial charge in [0.1, 0.15) is 12.0 Å². The zero-order valence-corrected chi connectivity index (χ0v) is 11.2. The van der Waals surface area contributed by atoms with Crippen LogP contribution in [-0.4, -0.2) is 31.3 Å². The molecule has 0 unspecified atom stereocenters. The summed E-state index contributed by atoms with van der Waals surface area (Å²) in [7, 11) is 0. The lowest BCUT2D eigenvalue weighted by Gasteiger charge is -2.23. The fourth-order valence-corrected chi connectivity index (χ4v) is 2.86. The van der Waals surface area contributed by atoms with Crippen LogP contribution in [0, 0.1) is 12.3 Å². The van der Waals surface area contributed by atoms with Gasteiger partial charge in [-0.1, -0.05) is 12.8 Å². The average molecular weight is 276 g/mol. The number of furan rings is 1. The molecular formula is C13H16N4O3. The summed E-state index contributed by atoms with van der Waals surface area (Å²) in [5, 5.41) is 21.1. The van der Waals surface area contributed by atoms with Crippen LogP contribution >= 0.6 is 0 Å². The molecule has 0 aliphatic heterocycles. The van der Waals surface area contributed by atoms with E-state index in [1.54, 1.807) is 10.9 Å². The van der Waals surface area contributed by atoms with Crippen molar-refractivity contribution in [2.24, 2.45) is 5.41 Å². The van der Waals surface area contributed by atoms with Crippen molar-refractivity contribution in [3.63, 3.8) is 0 Å².